The van der Waals surface area contributed by atoms with Gasteiger partial charge in [-0.15, -0.1) is 0 Å². The summed E-state index contributed by atoms with van der Waals surface area (Å²) in [6, 6.07) is 15.3. The van der Waals surface area contributed by atoms with Crippen molar-refractivity contribution in [1.82, 2.24) is 5.32 Å². The average molecular weight is 285 g/mol. The first-order valence-electron chi connectivity index (χ1n) is 7.38. The summed E-state index contributed by atoms with van der Waals surface area (Å²) in [6.45, 7) is 0.706. The van der Waals surface area contributed by atoms with Crippen LogP contribution in [0.1, 0.15) is 11.1 Å². The molecule has 0 spiro atoms. The second kappa shape index (κ2) is 6.27. The van der Waals surface area contributed by atoms with Gasteiger partial charge in [0.25, 0.3) is 0 Å². The molecule has 2 aromatic carbocycles. The molecule has 1 aliphatic rings. The van der Waals surface area contributed by atoms with Crippen LogP contribution in [0.5, 0.6) is 5.75 Å². The summed E-state index contributed by atoms with van der Waals surface area (Å²) in [4.78, 5) is 0. The number of nitrogens with one attached hydrogen (secondary N) is 1. The van der Waals surface area contributed by atoms with Crippen LogP contribution in [0.3, 0.4) is 0 Å². The Balaban J connectivity index is 1.73. The minimum absolute atomic E-state index is 0.174. The van der Waals surface area contributed by atoms with Gasteiger partial charge in [-0.25, -0.2) is 4.39 Å². The van der Waals surface area contributed by atoms with Crippen LogP contribution in [-0.2, 0) is 12.8 Å². The van der Waals surface area contributed by atoms with Gasteiger partial charge in [0.1, 0.15) is 11.6 Å². The van der Waals surface area contributed by atoms with Crippen LogP contribution in [0, 0.1) is 11.7 Å². The molecule has 2 aromatic rings. The molecule has 2 atom stereocenters. The van der Waals surface area contributed by atoms with E-state index in [9.17, 15) is 4.39 Å². The molecule has 3 rings (SSSR count). The molecule has 2 unspecified atom stereocenters. The largest absolute Gasteiger partial charge is 0.493 e. The number of ether oxygens (including phenoxy) is 1. The van der Waals surface area contributed by atoms with Crippen LogP contribution in [0.25, 0.3) is 0 Å². The summed E-state index contributed by atoms with van der Waals surface area (Å²) in [5, 5.41) is 3.37. The maximum atomic E-state index is 13.3. The number of likely N-dealkylation sites (N-methyl/N-ethyl adjacent to an activating group) is 1. The van der Waals surface area contributed by atoms with Crippen molar-refractivity contribution >= 4 is 0 Å². The second-order valence-corrected chi connectivity index (χ2v) is 5.61. The third-order valence-corrected chi connectivity index (χ3v) is 4.19. The van der Waals surface area contributed by atoms with Gasteiger partial charge in [-0.3, -0.25) is 0 Å². The van der Waals surface area contributed by atoms with Crippen molar-refractivity contribution < 1.29 is 9.13 Å². The zero-order valence-electron chi connectivity index (χ0n) is 12.2. The van der Waals surface area contributed by atoms with Crippen molar-refractivity contribution in [2.75, 3.05) is 13.7 Å². The molecule has 1 N–H and O–H groups in total. The highest BCUT2D eigenvalue weighted by Gasteiger charge is 2.26. The Bertz CT molecular complexity index is 614. The van der Waals surface area contributed by atoms with E-state index in [4.69, 9.17) is 4.74 Å². The molecule has 110 valence electrons. The molecule has 0 fully saturated rings. The molecule has 0 saturated heterocycles. The number of halogens is 1. The highest BCUT2D eigenvalue weighted by atomic mass is 19.1. The maximum Gasteiger partial charge on any atom is 0.123 e. The summed E-state index contributed by atoms with van der Waals surface area (Å²) in [5.41, 5.74) is 2.28. The standard InChI is InChI=1S/C18H20FNO/c1-20-17(10-13-5-4-7-16(19)9-13)15-11-14-6-2-3-8-18(14)21-12-15/h2-9,15,17,20H,10-12H2,1H3. The highest BCUT2D eigenvalue weighted by molar-refractivity contribution is 5.35. The molecule has 0 aliphatic carbocycles. The lowest BCUT2D eigenvalue weighted by molar-refractivity contribution is 0.187. The van der Waals surface area contributed by atoms with Crippen molar-refractivity contribution in [3.63, 3.8) is 0 Å². The molecule has 0 radical (unpaired) electrons. The van der Waals surface area contributed by atoms with E-state index >= 15 is 0 Å². The summed E-state index contributed by atoms with van der Waals surface area (Å²) >= 11 is 0. The van der Waals surface area contributed by atoms with Gasteiger partial charge >= 0.3 is 0 Å². The fraction of sp³-hybridized carbons (Fsp3) is 0.333. The van der Waals surface area contributed by atoms with Crippen molar-refractivity contribution in [2.45, 2.75) is 18.9 Å². The fourth-order valence-corrected chi connectivity index (χ4v) is 3.03. The number of rotatable bonds is 4. The van der Waals surface area contributed by atoms with Crippen molar-refractivity contribution in [3.05, 3.63) is 65.5 Å². The van der Waals surface area contributed by atoms with Gasteiger partial charge < -0.3 is 10.1 Å². The van der Waals surface area contributed by atoms with Crippen LogP contribution in [0.4, 0.5) is 4.39 Å². The smallest absolute Gasteiger partial charge is 0.123 e. The quantitative estimate of drug-likeness (QED) is 0.931. The van der Waals surface area contributed by atoms with E-state index in [1.165, 1.54) is 11.6 Å². The van der Waals surface area contributed by atoms with Crippen LogP contribution in [-0.4, -0.2) is 19.7 Å². The van der Waals surface area contributed by atoms with E-state index in [1.807, 2.05) is 31.3 Å². The Morgan fingerprint density at radius 3 is 2.90 bits per heavy atom. The fourth-order valence-electron chi connectivity index (χ4n) is 3.03. The van der Waals surface area contributed by atoms with Gasteiger partial charge in [-0.2, -0.15) is 0 Å². The first-order valence-corrected chi connectivity index (χ1v) is 7.38. The Morgan fingerprint density at radius 1 is 1.24 bits per heavy atom. The number of fused-ring (bicyclic) bond motifs is 1. The third kappa shape index (κ3) is 3.24. The zero-order valence-corrected chi connectivity index (χ0v) is 12.2. The number of hydrogen-bond donors (Lipinski definition) is 1. The molecule has 0 saturated carbocycles. The summed E-state index contributed by atoms with van der Waals surface area (Å²) < 4.78 is 19.2. The molecule has 0 amide bonds. The van der Waals surface area contributed by atoms with Gasteiger partial charge in [0.05, 0.1) is 6.61 Å². The van der Waals surface area contributed by atoms with Crippen molar-refractivity contribution in [3.8, 4) is 5.75 Å². The van der Waals surface area contributed by atoms with Gasteiger partial charge in [0.2, 0.25) is 0 Å². The van der Waals surface area contributed by atoms with E-state index in [2.05, 4.69) is 11.4 Å². The normalized spacial score (nSPS) is 18.7. The molecule has 21 heavy (non-hydrogen) atoms. The summed E-state index contributed by atoms with van der Waals surface area (Å²) in [7, 11) is 1.96. The van der Waals surface area contributed by atoms with Gasteiger partial charge in [0, 0.05) is 12.0 Å². The lowest BCUT2D eigenvalue weighted by Crippen LogP contribution is -2.41. The summed E-state index contributed by atoms with van der Waals surface area (Å²) in [6.07, 6.45) is 1.81. The highest BCUT2D eigenvalue weighted by Crippen LogP contribution is 2.29. The van der Waals surface area contributed by atoms with Gasteiger partial charge in [-0.05, 0) is 49.2 Å². The van der Waals surface area contributed by atoms with Crippen molar-refractivity contribution in [1.29, 1.82) is 0 Å². The van der Waals surface area contributed by atoms with Crippen LogP contribution >= 0.6 is 0 Å². The topological polar surface area (TPSA) is 21.3 Å². The molecule has 1 heterocycles. The van der Waals surface area contributed by atoms with Crippen molar-refractivity contribution in [2.24, 2.45) is 5.92 Å². The molecular weight excluding hydrogens is 265 g/mol. The first-order chi connectivity index (χ1) is 10.3. The second-order valence-electron chi connectivity index (χ2n) is 5.61. The molecule has 1 aliphatic heterocycles. The number of benzene rings is 2. The Hall–Kier alpha value is -1.87. The SMILES string of the molecule is CNC(Cc1cccc(F)c1)C1COc2ccccc2C1. The minimum atomic E-state index is -0.174. The van der Waals surface area contributed by atoms with Crippen LogP contribution < -0.4 is 10.1 Å². The zero-order chi connectivity index (χ0) is 14.7. The van der Waals surface area contributed by atoms with Crippen LogP contribution in [0.2, 0.25) is 0 Å². The third-order valence-electron chi connectivity index (χ3n) is 4.19. The Kier molecular flexibility index (Phi) is 4.20. The molecular formula is C18H20FNO. The maximum absolute atomic E-state index is 13.3. The van der Waals surface area contributed by atoms with E-state index in [-0.39, 0.29) is 11.9 Å². The van der Waals surface area contributed by atoms with Gasteiger partial charge in [-0.1, -0.05) is 30.3 Å². The number of para-hydroxylation sites is 1. The van der Waals surface area contributed by atoms with Gasteiger partial charge in [0.15, 0.2) is 0 Å². The average Bonchev–Trinajstić information content (AvgIpc) is 2.52. The lowest BCUT2D eigenvalue weighted by atomic mass is 9.87. The predicted octanol–water partition coefficient (Wildman–Crippen LogP) is 3.21. The Labute approximate surface area is 125 Å². The predicted molar refractivity (Wildman–Crippen MR) is 82.1 cm³/mol. The van der Waals surface area contributed by atoms with E-state index in [0.29, 0.717) is 12.5 Å². The lowest BCUT2D eigenvalue weighted by Gasteiger charge is -2.31. The van der Waals surface area contributed by atoms with Crippen LogP contribution in [0.15, 0.2) is 48.5 Å². The Morgan fingerprint density at radius 2 is 2.10 bits per heavy atom. The summed E-state index contributed by atoms with van der Waals surface area (Å²) in [5.74, 6) is 1.22. The monoisotopic (exact) mass is 285 g/mol. The number of hydrogen-bond acceptors (Lipinski definition) is 2. The minimum Gasteiger partial charge on any atom is -0.493 e. The molecule has 3 heteroatoms. The molecule has 2 nitrogen and oxygen atoms in total. The van der Waals surface area contributed by atoms with E-state index in [1.54, 1.807) is 12.1 Å². The molecule has 0 aromatic heterocycles. The first kappa shape index (κ1) is 14.1. The molecule has 0 bridgehead atoms. The van der Waals surface area contributed by atoms with E-state index in [0.717, 1.165) is 24.2 Å². The van der Waals surface area contributed by atoms with E-state index < -0.39 is 0 Å².